The molecule has 1 unspecified atom stereocenters. The summed E-state index contributed by atoms with van der Waals surface area (Å²) in [5.41, 5.74) is 0.773. The fraction of sp³-hybridized carbons (Fsp3) is 0.318. The van der Waals surface area contributed by atoms with E-state index < -0.39 is 11.7 Å². The molecule has 0 radical (unpaired) electrons. The summed E-state index contributed by atoms with van der Waals surface area (Å²) in [4.78, 5) is 38.4. The number of nitrogens with one attached hydrogen (secondary N) is 1. The number of hydrogen-bond donors (Lipinski definition) is 1. The van der Waals surface area contributed by atoms with Crippen molar-refractivity contribution in [1.82, 2.24) is 10.2 Å². The molecule has 7 heteroatoms. The molecular formula is C22H22N2O5. The van der Waals surface area contributed by atoms with Crippen LogP contribution >= 0.6 is 0 Å². The summed E-state index contributed by atoms with van der Waals surface area (Å²) in [7, 11) is 0. The molecule has 2 heterocycles. The molecule has 0 saturated carbocycles. The molecule has 4 rings (SSSR count). The number of nitrogens with zero attached hydrogens (tertiary/aromatic N) is 1. The van der Waals surface area contributed by atoms with Gasteiger partial charge < -0.3 is 19.7 Å². The number of Topliss-reactive ketones (excluding diaryl/α,β-unsaturated/α-hetero) is 1. The topological polar surface area (TPSA) is 84.9 Å². The van der Waals surface area contributed by atoms with Crippen LogP contribution in [0.4, 0.5) is 4.79 Å². The third kappa shape index (κ3) is 4.23. The van der Waals surface area contributed by atoms with Crippen LogP contribution in [-0.4, -0.2) is 47.9 Å². The lowest BCUT2D eigenvalue weighted by atomic mass is 9.89. The molecule has 1 fully saturated rings. The van der Waals surface area contributed by atoms with Crippen molar-refractivity contribution in [2.75, 3.05) is 19.6 Å². The SMILES string of the molecule is O=C(NCC(=O)N1CCC2(CC(=O)c3ccccc3O2)C1)OCc1ccccc1. The number of amides is 2. The Morgan fingerprint density at radius 2 is 1.86 bits per heavy atom. The molecule has 1 atom stereocenters. The fourth-order valence-electron chi connectivity index (χ4n) is 3.76. The minimum Gasteiger partial charge on any atom is -0.484 e. The van der Waals surface area contributed by atoms with Crippen LogP contribution < -0.4 is 10.1 Å². The van der Waals surface area contributed by atoms with Crippen molar-refractivity contribution in [2.45, 2.75) is 25.0 Å². The van der Waals surface area contributed by atoms with Crippen LogP contribution in [0.1, 0.15) is 28.8 Å². The molecule has 0 aliphatic carbocycles. The van der Waals surface area contributed by atoms with Crippen LogP contribution in [-0.2, 0) is 16.1 Å². The van der Waals surface area contributed by atoms with E-state index in [4.69, 9.17) is 9.47 Å². The molecule has 150 valence electrons. The van der Waals surface area contributed by atoms with Crippen molar-refractivity contribution in [2.24, 2.45) is 0 Å². The lowest BCUT2D eigenvalue weighted by Gasteiger charge is -2.34. The van der Waals surface area contributed by atoms with Crippen LogP contribution in [0.3, 0.4) is 0 Å². The first-order chi connectivity index (χ1) is 14.0. The Bertz CT molecular complexity index is 930. The quantitative estimate of drug-likeness (QED) is 0.862. The predicted octanol–water partition coefficient (Wildman–Crippen LogP) is 2.55. The summed E-state index contributed by atoms with van der Waals surface area (Å²) >= 11 is 0. The number of fused-ring (bicyclic) bond motifs is 1. The van der Waals surface area contributed by atoms with Crippen molar-refractivity contribution in [1.29, 1.82) is 0 Å². The van der Waals surface area contributed by atoms with Gasteiger partial charge in [-0.15, -0.1) is 0 Å². The summed E-state index contributed by atoms with van der Waals surface area (Å²) in [6.45, 7) is 0.791. The minimum absolute atomic E-state index is 0.0313. The Hall–Kier alpha value is -3.35. The number of para-hydroxylation sites is 1. The fourth-order valence-corrected chi connectivity index (χ4v) is 3.76. The van der Waals surface area contributed by atoms with Gasteiger partial charge in [0.1, 0.15) is 24.5 Å². The maximum atomic E-state index is 12.5. The summed E-state index contributed by atoms with van der Waals surface area (Å²) in [6, 6.07) is 16.5. The van der Waals surface area contributed by atoms with E-state index >= 15 is 0 Å². The number of rotatable bonds is 4. The van der Waals surface area contributed by atoms with E-state index in [2.05, 4.69) is 5.32 Å². The van der Waals surface area contributed by atoms with Gasteiger partial charge in [-0.05, 0) is 17.7 Å². The number of likely N-dealkylation sites (tertiary alicyclic amines) is 1. The Morgan fingerprint density at radius 3 is 2.69 bits per heavy atom. The molecule has 2 aromatic rings. The van der Waals surface area contributed by atoms with Gasteiger partial charge in [-0.2, -0.15) is 0 Å². The monoisotopic (exact) mass is 394 g/mol. The maximum absolute atomic E-state index is 12.5. The molecule has 0 aromatic heterocycles. The number of ether oxygens (including phenoxy) is 2. The number of ketones is 1. The van der Waals surface area contributed by atoms with E-state index in [0.29, 0.717) is 30.8 Å². The van der Waals surface area contributed by atoms with Gasteiger partial charge in [0, 0.05) is 13.0 Å². The average molecular weight is 394 g/mol. The number of hydrogen-bond acceptors (Lipinski definition) is 5. The number of benzene rings is 2. The number of carbonyl (C=O) groups is 3. The molecule has 1 spiro atoms. The standard InChI is InChI=1S/C22H22N2O5/c25-18-12-22(29-19-9-5-4-8-17(18)19)10-11-24(15-22)20(26)13-23-21(27)28-14-16-6-2-1-3-7-16/h1-9H,10-15H2,(H,23,27). The zero-order chi connectivity index (χ0) is 20.3. The van der Waals surface area contributed by atoms with Crippen molar-refractivity contribution in [3.63, 3.8) is 0 Å². The van der Waals surface area contributed by atoms with Crippen LogP contribution in [0.25, 0.3) is 0 Å². The Labute approximate surface area is 168 Å². The maximum Gasteiger partial charge on any atom is 0.407 e. The largest absolute Gasteiger partial charge is 0.484 e. The molecule has 1 saturated heterocycles. The van der Waals surface area contributed by atoms with Gasteiger partial charge in [-0.25, -0.2) is 4.79 Å². The van der Waals surface area contributed by atoms with Gasteiger partial charge in [0.05, 0.1) is 18.5 Å². The first-order valence-electron chi connectivity index (χ1n) is 9.58. The molecule has 2 aromatic carbocycles. The van der Waals surface area contributed by atoms with E-state index in [-0.39, 0.29) is 31.3 Å². The molecule has 2 aliphatic rings. The van der Waals surface area contributed by atoms with E-state index in [1.54, 1.807) is 17.0 Å². The lowest BCUT2D eigenvalue weighted by Crippen LogP contribution is -2.46. The Kier molecular flexibility index (Phi) is 5.20. The van der Waals surface area contributed by atoms with Crippen LogP contribution in [0.5, 0.6) is 5.75 Å². The van der Waals surface area contributed by atoms with Crippen LogP contribution in [0.2, 0.25) is 0 Å². The summed E-state index contributed by atoms with van der Waals surface area (Å²) in [5, 5.41) is 2.49. The van der Waals surface area contributed by atoms with Crippen molar-refractivity contribution >= 4 is 17.8 Å². The minimum atomic E-state index is -0.686. The van der Waals surface area contributed by atoms with Crippen molar-refractivity contribution in [3.05, 3.63) is 65.7 Å². The van der Waals surface area contributed by atoms with Crippen molar-refractivity contribution < 1.29 is 23.9 Å². The van der Waals surface area contributed by atoms with Gasteiger partial charge in [0.2, 0.25) is 5.91 Å². The lowest BCUT2D eigenvalue weighted by molar-refractivity contribution is -0.130. The van der Waals surface area contributed by atoms with Crippen LogP contribution in [0.15, 0.2) is 54.6 Å². The Balaban J connectivity index is 1.28. The summed E-state index contributed by atoms with van der Waals surface area (Å²) in [6.07, 6.45) is 0.187. The average Bonchev–Trinajstić information content (AvgIpc) is 3.14. The second-order valence-corrected chi connectivity index (χ2v) is 7.36. The molecule has 1 N–H and O–H groups in total. The van der Waals surface area contributed by atoms with Gasteiger partial charge >= 0.3 is 6.09 Å². The predicted molar refractivity (Wildman–Crippen MR) is 105 cm³/mol. The number of alkyl carbamates (subject to hydrolysis) is 1. The molecule has 2 amide bonds. The second-order valence-electron chi connectivity index (χ2n) is 7.36. The molecule has 29 heavy (non-hydrogen) atoms. The normalized spacial score (nSPS) is 20.1. The van der Waals surface area contributed by atoms with Crippen molar-refractivity contribution in [3.8, 4) is 5.75 Å². The molecule has 2 aliphatic heterocycles. The summed E-state index contributed by atoms with van der Waals surface area (Å²) < 4.78 is 11.2. The first-order valence-corrected chi connectivity index (χ1v) is 9.58. The highest BCUT2D eigenvalue weighted by Crippen LogP contribution is 2.38. The summed E-state index contributed by atoms with van der Waals surface area (Å²) in [5.74, 6) is 0.373. The van der Waals surface area contributed by atoms with Crippen LogP contribution in [0, 0.1) is 0 Å². The van der Waals surface area contributed by atoms with Gasteiger partial charge in [0.25, 0.3) is 0 Å². The van der Waals surface area contributed by atoms with E-state index in [1.807, 2.05) is 42.5 Å². The molecule has 7 nitrogen and oxygen atoms in total. The van der Waals surface area contributed by atoms with E-state index in [0.717, 1.165) is 5.56 Å². The number of carbonyl (C=O) groups excluding carboxylic acids is 3. The van der Waals surface area contributed by atoms with Gasteiger partial charge in [0.15, 0.2) is 5.78 Å². The third-order valence-corrected chi connectivity index (χ3v) is 5.26. The zero-order valence-corrected chi connectivity index (χ0v) is 15.9. The Morgan fingerprint density at radius 1 is 1.10 bits per heavy atom. The zero-order valence-electron chi connectivity index (χ0n) is 15.9. The first kappa shape index (κ1) is 19.0. The molecular weight excluding hydrogens is 372 g/mol. The van der Waals surface area contributed by atoms with E-state index in [9.17, 15) is 14.4 Å². The highest BCUT2D eigenvalue weighted by atomic mass is 16.5. The molecule has 0 bridgehead atoms. The smallest absolute Gasteiger partial charge is 0.407 e. The highest BCUT2D eigenvalue weighted by molar-refractivity contribution is 6.00. The van der Waals surface area contributed by atoms with Gasteiger partial charge in [-0.1, -0.05) is 42.5 Å². The third-order valence-electron chi connectivity index (χ3n) is 5.26. The second kappa shape index (κ2) is 7.95. The highest BCUT2D eigenvalue weighted by Gasteiger charge is 2.46. The van der Waals surface area contributed by atoms with Gasteiger partial charge in [-0.3, -0.25) is 9.59 Å². The van der Waals surface area contributed by atoms with E-state index in [1.165, 1.54) is 0 Å².